The van der Waals surface area contributed by atoms with Crippen LogP contribution in [0.15, 0.2) is 47.5 Å². The number of nitrogens with zero attached hydrogens (tertiary/aromatic N) is 3. The predicted molar refractivity (Wildman–Crippen MR) is 142 cm³/mol. The van der Waals surface area contributed by atoms with E-state index in [0.29, 0.717) is 13.1 Å². The van der Waals surface area contributed by atoms with Crippen LogP contribution in [0.4, 0.5) is 4.39 Å². The number of guanidine groups is 1. The maximum Gasteiger partial charge on any atom is 0.194 e. The first-order valence-corrected chi connectivity index (χ1v) is 11.3. The van der Waals surface area contributed by atoms with Crippen molar-refractivity contribution in [1.29, 1.82) is 0 Å². The molecule has 0 aliphatic carbocycles. The summed E-state index contributed by atoms with van der Waals surface area (Å²) in [6, 6.07) is 13.6. The monoisotopic (exact) mass is 570 g/mol. The van der Waals surface area contributed by atoms with E-state index >= 15 is 0 Å². The Kier molecular flexibility index (Phi) is 11.4. The molecule has 0 aromatic heterocycles. The van der Waals surface area contributed by atoms with E-state index in [1.54, 1.807) is 6.07 Å². The summed E-state index contributed by atoms with van der Waals surface area (Å²) in [6.07, 6.45) is 1.58. The Labute approximate surface area is 213 Å². The van der Waals surface area contributed by atoms with Gasteiger partial charge in [-0.25, -0.2) is 9.38 Å². The molecule has 0 bridgehead atoms. The van der Waals surface area contributed by atoms with Crippen LogP contribution in [0.5, 0.6) is 5.75 Å². The minimum atomic E-state index is -0.360. The van der Waals surface area contributed by atoms with Crippen LogP contribution in [-0.4, -0.2) is 60.8 Å². The number of hydrogen-bond acceptors (Lipinski definition) is 4. The van der Waals surface area contributed by atoms with Crippen LogP contribution < -0.4 is 10.1 Å². The zero-order valence-corrected chi connectivity index (χ0v) is 22.1. The van der Waals surface area contributed by atoms with Gasteiger partial charge < -0.3 is 20.1 Å². The normalized spacial score (nSPS) is 15.1. The first-order chi connectivity index (χ1) is 15.5. The number of benzene rings is 2. The van der Waals surface area contributed by atoms with Crippen molar-refractivity contribution < 1.29 is 14.2 Å². The second kappa shape index (κ2) is 13.7. The van der Waals surface area contributed by atoms with Gasteiger partial charge in [0.2, 0.25) is 0 Å². The average molecular weight is 570 g/mol. The quantitative estimate of drug-likeness (QED) is 0.286. The van der Waals surface area contributed by atoms with E-state index < -0.39 is 0 Å². The van der Waals surface area contributed by atoms with Gasteiger partial charge in [0.1, 0.15) is 0 Å². The zero-order chi connectivity index (χ0) is 22.9. The molecule has 182 valence electrons. The maximum absolute atomic E-state index is 14.0. The van der Waals surface area contributed by atoms with Crippen molar-refractivity contribution in [3.8, 4) is 5.75 Å². The second-order valence-electron chi connectivity index (χ2n) is 8.32. The number of hydrogen-bond donors (Lipinski definition) is 2. The summed E-state index contributed by atoms with van der Waals surface area (Å²) in [7, 11) is 3.41. The lowest BCUT2D eigenvalue weighted by atomic mass is 10.1. The molecule has 3 rings (SSSR count). The largest absolute Gasteiger partial charge is 0.494 e. The van der Waals surface area contributed by atoms with Gasteiger partial charge in [0.05, 0.1) is 19.8 Å². The molecule has 2 N–H and O–H groups in total. The Morgan fingerprint density at radius 1 is 1.15 bits per heavy atom. The molecule has 1 aliphatic rings. The minimum absolute atomic E-state index is 0. The number of rotatable bonds is 8. The number of ether oxygens (including phenoxy) is 1. The highest BCUT2D eigenvalue weighted by molar-refractivity contribution is 14.0. The number of aliphatic imine (C=N–C) groups is 1. The fourth-order valence-corrected chi connectivity index (χ4v) is 3.88. The predicted octanol–water partition coefficient (Wildman–Crippen LogP) is 4.01. The number of likely N-dealkylation sites (tertiary alicyclic amines) is 1. The van der Waals surface area contributed by atoms with Crippen molar-refractivity contribution in [2.45, 2.75) is 45.5 Å². The molecule has 1 saturated heterocycles. The molecule has 6 nitrogen and oxygen atoms in total. The Bertz CT molecular complexity index is 886. The molecule has 1 heterocycles. The third-order valence-electron chi connectivity index (χ3n) is 5.73. The van der Waals surface area contributed by atoms with Crippen molar-refractivity contribution >= 4 is 29.9 Å². The second-order valence-corrected chi connectivity index (χ2v) is 8.32. The first kappa shape index (κ1) is 27.3. The molecule has 33 heavy (non-hydrogen) atoms. The van der Waals surface area contributed by atoms with Crippen molar-refractivity contribution in [3.05, 3.63) is 65.0 Å². The van der Waals surface area contributed by atoms with Gasteiger partial charge in [0, 0.05) is 39.8 Å². The van der Waals surface area contributed by atoms with E-state index in [0.717, 1.165) is 56.1 Å². The van der Waals surface area contributed by atoms with Gasteiger partial charge in [-0.15, -0.1) is 24.0 Å². The standard InChI is InChI=1S/C25H35FN4O2.HI/c1-4-27-25(29(2)17-21-9-10-24(32-3)23(26)15-21)28-16-19-5-7-20(8-6-19)18-30-13-11-22(31)12-14-30;/h5-10,15,22,31H,4,11-14,16-18H2,1-3H3,(H,27,28);1H. The van der Waals surface area contributed by atoms with Crippen LogP contribution in [-0.2, 0) is 19.6 Å². The summed E-state index contributed by atoms with van der Waals surface area (Å²) in [5.74, 6) is 0.666. The van der Waals surface area contributed by atoms with Gasteiger partial charge in [0.25, 0.3) is 0 Å². The van der Waals surface area contributed by atoms with Gasteiger partial charge in [-0.2, -0.15) is 0 Å². The maximum atomic E-state index is 14.0. The van der Waals surface area contributed by atoms with Gasteiger partial charge in [0.15, 0.2) is 17.5 Å². The van der Waals surface area contributed by atoms with Crippen molar-refractivity contribution in [1.82, 2.24) is 15.1 Å². The summed E-state index contributed by atoms with van der Waals surface area (Å²) in [5, 5.41) is 13.0. The van der Waals surface area contributed by atoms with Crippen LogP contribution in [0.25, 0.3) is 0 Å². The third-order valence-corrected chi connectivity index (χ3v) is 5.73. The average Bonchev–Trinajstić information content (AvgIpc) is 2.79. The number of aliphatic hydroxyl groups is 1. The smallest absolute Gasteiger partial charge is 0.194 e. The fourth-order valence-electron chi connectivity index (χ4n) is 3.88. The third kappa shape index (κ3) is 8.42. The molecule has 8 heteroatoms. The highest BCUT2D eigenvalue weighted by Gasteiger charge is 2.16. The molecule has 0 unspecified atom stereocenters. The number of nitrogens with one attached hydrogen (secondary N) is 1. The minimum Gasteiger partial charge on any atom is -0.494 e. The highest BCUT2D eigenvalue weighted by atomic mass is 127. The summed E-state index contributed by atoms with van der Waals surface area (Å²) in [5.41, 5.74) is 3.27. The number of piperidine rings is 1. The van der Waals surface area contributed by atoms with E-state index in [-0.39, 0.29) is 41.6 Å². The highest BCUT2D eigenvalue weighted by Crippen LogP contribution is 2.19. The van der Waals surface area contributed by atoms with Gasteiger partial charge in [-0.1, -0.05) is 30.3 Å². The lowest BCUT2D eigenvalue weighted by molar-refractivity contribution is 0.0792. The van der Waals surface area contributed by atoms with Crippen molar-refractivity contribution in [3.63, 3.8) is 0 Å². The Hall–Kier alpha value is -1.91. The molecule has 1 fully saturated rings. The summed E-state index contributed by atoms with van der Waals surface area (Å²) in [4.78, 5) is 9.14. The van der Waals surface area contributed by atoms with Crippen LogP contribution in [0.3, 0.4) is 0 Å². The molecule has 0 spiro atoms. The fraction of sp³-hybridized carbons (Fsp3) is 0.480. The lowest BCUT2D eigenvalue weighted by Gasteiger charge is -2.29. The summed E-state index contributed by atoms with van der Waals surface area (Å²) < 4.78 is 19.0. The molecule has 2 aromatic carbocycles. The van der Waals surface area contributed by atoms with Crippen LogP contribution in [0, 0.1) is 5.82 Å². The molecular weight excluding hydrogens is 534 g/mol. The van der Waals surface area contributed by atoms with E-state index in [2.05, 4.69) is 34.5 Å². The van der Waals surface area contributed by atoms with E-state index in [9.17, 15) is 9.50 Å². The van der Waals surface area contributed by atoms with Crippen LogP contribution >= 0.6 is 24.0 Å². The van der Waals surface area contributed by atoms with E-state index in [1.807, 2.05) is 24.9 Å². The molecule has 0 atom stereocenters. The number of aliphatic hydroxyl groups excluding tert-OH is 1. The van der Waals surface area contributed by atoms with E-state index in [4.69, 9.17) is 9.73 Å². The Morgan fingerprint density at radius 3 is 2.39 bits per heavy atom. The van der Waals surface area contributed by atoms with Gasteiger partial charge in [-0.05, 0) is 48.6 Å². The van der Waals surface area contributed by atoms with Crippen LogP contribution in [0.1, 0.15) is 36.5 Å². The zero-order valence-electron chi connectivity index (χ0n) is 19.8. The summed E-state index contributed by atoms with van der Waals surface area (Å²) in [6.45, 7) is 6.71. The molecule has 2 aromatic rings. The van der Waals surface area contributed by atoms with Crippen molar-refractivity contribution in [2.24, 2.45) is 4.99 Å². The Morgan fingerprint density at radius 2 is 1.79 bits per heavy atom. The number of halogens is 2. The SMILES string of the molecule is CCNC(=NCc1ccc(CN2CCC(O)CC2)cc1)N(C)Cc1ccc(OC)c(F)c1.I. The molecule has 0 saturated carbocycles. The topological polar surface area (TPSA) is 60.3 Å². The van der Waals surface area contributed by atoms with Gasteiger partial charge in [-0.3, -0.25) is 4.90 Å². The lowest BCUT2D eigenvalue weighted by Crippen LogP contribution is -2.38. The van der Waals surface area contributed by atoms with Crippen molar-refractivity contribution in [2.75, 3.05) is 33.8 Å². The molecular formula is C25H36FIN4O2. The molecule has 0 radical (unpaired) electrons. The summed E-state index contributed by atoms with van der Waals surface area (Å²) >= 11 is 0. The van der Waals surface area contributed by atoms with Gasteiger partial charge >= 0.3 is 0 Å². The Balaban J connectivity index is 0.00000385. The van der Waals surface area contributed by atoms with E-state index in [1.165, 1.54) is 18.7 Å². The molecule has 1 aliphatic heterocycles. The number of methoxy groups -OCH3 is 1. The van der Waals surface area contributed by atoms with Crippen LogP contribution in [0.2, 0.25) is 0 Å². The first-order valence-electron chi connectivity index (χ1n) is 11.3. The molecule has 0 amide bonds.